The van der Waals surface area contributed by atoms with Crippen LogP contribution in [0.2, 0.25) is 5.02 Å². The molecule has 0 saturated carbocycles. The molecule has 0 unspecified atom stereocenters. The molecule has 0 atom stereocenters. The number of methoxy groups -OCH3 is 1. The molecule has 0 spiro atoms. The van der Waals surface area contributed by atoms with Crippen LogP contribution in [-0.4, -0.2) is 12.9 Å². The van der Waals surface area contributed by atoms with Crippen molar-refractivity contribution in [3.8, 4) is 5.75 Å². The Kier molecular flexibility index (Phi) is 3.67. The van der Waals surface area contributed by atoms with Gasteiger partial charge in [-0.2, -0.15) is 0 Å². The highest BCUT2D eigenvalue weighted by molar-refractivity contribution is 6.35. The Bertz CT molecular complexity index is 641. The first-order valence-electron chi connectivity index (χ1n) is 5.90. The summed E-state index contributed by atoms with van der Waals surface area (Å²) in [6, 6.07) is 5.02. The minimum Gasteiger partial charge on any atom is -0.497 e. The van der Waals surface area contributed by atoms with Crippen molar-refractivity contribution in [2.45, 2.75) is 20.8 Å². The second kappa shape index (κ2) is 5.10. The molecule has 0 aliphatic heterocycles. The molecule has 4 heteroatoms. The fraction of sp³-hybridized carbons (Fsp3) is 0.267. The lowest BCUT2D eigenvalue weighted by molar-refractivity contribution is 0.103. The van der Waals surface area contributed by atoms with E-state index in [9.17, 15) is 4.79 Å². The number of halogens is 1. The lowest BCUT2D eigenvalue weighted by Gasteiger charge is -2.06. The van der Waals surface area contributed by atoms with E-state index in [-0.39, 0.29) is 5.78 Å². The van der Waals surface area contributed by atoms with E-state index in [1.807, 2.05) is 13.8 Å². The number of furan rings is 1. The number of hydrogen-bond acceptors (Lipinski definition) is 3. The summed E-state index contributed by atoms with van der Waals surface area (Å²) in [5.41, 5.74) is 1.90. The van der Waals surface area contributed by atoms with Crippen molar-refractivity contribution >= 4 is 17.4 Å². The molecule has 0 N–H and O–H groups in total. The van der Waals surface area contributed by atoms with Gasteiger partial charge in [0, 0.05) is 11.1 Å². The van der Waals surface area contributed by atoms with Crippen molar-refractivity contribution in [3.63, 3.8) is 0 Å². The third-order valence-electron chi connectivity index (χ3n) is 3.21. The van der Waals surface area contributed by atoms with Gasteiger partial charge in [0.25, 0.3) is 0 Å². The predicted octanol–water partition coefficient (Wildman–Crippen LogP) is 4.10. The van der Waals surface area contributed by atoms with Crippen molar-refractivity contribution in [2.24, 2.45) is 0 Å². The predicted molar refractivity (Wildman–Crippen MR) is 74.4 cm³/mol. The normalized spacial score (nSPS) is 10.6. The van der Waals surface area contributed by atoms with Gasteiger partial charge in [0.1, 0.15) is 17.3 Å². The number of carbonyl (C=O) groups excluding carboxylic acids is 1. The van der Waals surface area contributed by atoms with E-state index in [0.29, 0.717) is 27.7 Å². The number of ketones is 1. The Labute approximate surface area is 117 Å². The van der Waals surface area contributed by atoms with Gasteiger partial charge >= 0.3 is 0 Å². The first-order chi connectivity index (χ1) is 8.95. The summed E-state index contributed by atoms with van der Waals surface area (Å²) in [5, 5.41) is 0.377. The molecule has 0 radical (unpaired) electrons. The summed E-state index contributed by atoms with van der Waals surface area (Å²) < 4.78 is 10.6. The molecule has 2 rings (SSSR count). The summed E-state index contributed by atoms with van der Waals surface area (Å²) >= 11 is 6.13. The van der Waals surface area contributed by atoms with Crippen LogP contribution in [-0.2, 0) is 0 Å². The van der Waals surface area contributed by atoms with Crippen LogP contribution in [0.15, 0.2) is 22.6 Å². The fourth-order valence-electron chi connectivity index (χ4n) is 2.07. The Hall–Kier alpha value is -1.74. The molecule has 0 aliphatic carbocycles. The van der Waals surface area contributed by atoms with E-state index in [1.54, 1.807) is 32.2 Å². The number of rotatable bonds is 3. The van der Waals surface area contributed by atoms with Crippen molar-refractivity contribution < 1.29 is 13.9 Å². The molecule has 0 fully saturated rings. The Morgan fingerprint density at radius 1 is 1.21 bits per heavy atom. The molecule has 0 saturated heterocycles. The average Bonchev–Trinajstić information content (AvgIpc) is 2.62. The largest absolute Gasteiger partial charge is 0.497 e. The Morgan fingerprint density at radius 3 is 2.37 bits per heavy atom. The van der Waals surface area contributed by atoms with E-state index in [0.717, 1.165) is 11.3 Å². The van der Waals surface area contributed by atoms with Gasteiger partial charge in [0.2, 0.25) is 0 Å². The molecule has 0 aliphatic rings. The SMILES string of the molecule is COc1ccc(C(=O)c2c(C)oc(C)c2C)c(Cl)c1. The zero-order valence-electron chi connectivity index (χ0n) is 11.3. The third kappa shape index (κ3) is 2.38. The van der Waals surface area contributed by atoms with E-state index in [2.05, 4.69) is 0 Å². The first-order valence-corrected chi connectivity index (χ1v) is 6.28. The maximum atomic E-state index is 12.5. The summed E-state index contributed by atoms with van der Waals surface area (Å²) in [7, 11) is 1.56. The van der Waals surface area contributed by atoms with E-state index in [4.69, 9.17) is 20.8 Å². The van der Waals surface area contributed by atoms with Crippen LogP contribution < -0.4 is 4.74 Å². The maximum Gasteiger partial charge on any atom is 0.198 e. The van der Waals surface area contributed by atoms with Crippen molar-refractivity contribution in [3.05, 3.63) is 51.4 Å². The molecule has 2 aromatic rings. The molecule has 1 aromatic heterocycles. The average molecular weight is 279 g/mol. The first kappa shape index (κ1) is 13.7. The highest BCUT2D eigenvalue weighted by atomic mass is 35.5. The lowest BCUT2D eigenvalue weighted by atomic mass is 9.99. The molecule has 1 aromatic carbocycles. The van der Waals surface area contributed by atoms with E-state index >= 15 is 0 Å². The Balaban J connectivity index is 2.50. The summed E-state index contributed by atoms with van der Waals surface area (Å²) in [5.74, 6) is 1.87. The van der Waals surface area contributed by atoms with Gasteiger partial charge in [-0.3, -0.25) is 4.79 Å². The molecular weight excluding hydrogens is 264 g/mol. The van der Waals surface area contributed by atoms with Crippen LogP contribution >= 0.6 is 11.6 Å². The molecular formula is C15H15ClO3. The second-order valence-electron chi connectivity index (χ2n) is 4.39. The highest BCUT2D eigenvalue weighted by Gasteiger charge is 2.21. The van der Waals surface area contributed by atoms with Gasteiger partial charge in [-0.05, 0) is 39.0 Å². The molecule has 3 nitrogen and oxygen atoms in total. The molecule has 0 amide bonds. The standard InChI is InChI=1S/C15H15ClO3/c1-8-9(2)19-10(3)14(8)15(17)12-6-5-11(18-4)7-13(12)16/h5-7H,1-4H3. The number of hydrogen-bond donors (Lipinski definition) is 0. The van der Waals surface area contributed by atoms with Crippen molar-refractivity contribution in [2.75, 3.05) is 7.11 Å². The van der Waals surface area contributed by atoms with Crippen LogP contribution in [0, 0.1) is 20.8 Å². The van der Waals surface area contributed by atoms with E-state index in [1.165, 1.54) is 0 Å². The molecule has 0 bridgehead atoms. The van der Waals surface area contributed by atoms with Gasteiger partial charge in [0.15, 0.2) is 5.78 Å². The summed E-state index contributed by atoms with van der Waals surface area (Å²) in [6.07, 6.45) is 0. The monoisotopic (exact) mass is 278 g/mol. The van der Waals surface area contributed by atoms with Gasteiger partial charge in [-0.1, -0.05) is 11.6 Å². The Morgan fingerprint density at radius 2 is 1.89 bits per heavy atom. The number of carbonyl (C=O) groups is 1. The summed E-state index contributed by atoms with van der Waals surface area (Å²) in [4.78, 5) is 12.5. The van der Waals surface area contributed by atoms with Crippen LogP contribution in [0.25, 0.3) is 0 Å². The van der Waals surface area contributed by atoms with Crippen LogP contribution in [0.3, 0.4) is 0 Å². The van der Waals surface area contributed by atoms with Crippen LogP contribution in [0.1, 0.15) is 33.0 Å². The number of ether oxygens (including phenoxy) is 1. The van der Waals surface area contributed by atoms with Crippen molar-refractivity contribution in [1.82, 2.24) is 0 Å². The number of benzene rings is 1. The third-order valence-corrected chi connectivity index (χ3v) is 3.52. The fourth-order valence-corrected chi connectivity index (χ4v) is 2.33. The topological polar surface area (TPSA) is 39.4 Å². The van der Waals surface area contributed by atoms with Gasteiger partial charge < -0.3 is 9.15 Å². The van der Waals surface area contributed by atoms with Gasteiger partial charge in [-0.25, -0.2) is 0 Å². The van der Waals surface area contributed by atoms with Gasteiger partial charge in [0.05, 0.1) is 17.7 Å². The maximum absolute atomic E-state index is 12.5. The molecule has 1 heterocycles. The molecule has 19 heavy (non-hydrogen) atoms. The van der Waals surface area contributed by atoms with Crippen molar-refractivity contribution in [1.29, 1.82) is 0 Å². The zero-order chi connectivity index (χ0) is 14.2. The molecule has 100 valence electrons. The van der Waals surface area contributed by atoms with E-state index < -0.39 is 0 Å². The number of aryl methyl sites for hydroxylation is 2. The van der Waals surface area contributed by atoms with Crippen LogP contribution in [0.4, 0.5) is 0 Å². The second-order valence-corrected chi connectivity index (χ2v) is 4.80. The van der Waals surface area contributed by atoms with Crippen LogP contribution in [0.5, 0.6) is 5.75 Å². The minimum absolute atomic E-state index is 0.125. The lowest BCUT2D eigenvalue weighted by Crippen LogP contribution is -2.04. The quantitative estimate of drug-likeness (QED) is 0.794. The minimum atomic E-state index is -0.125. The smallest absolute Gasteiger partial charge is 0.198 e. The van der Waals surface area contributed by atoms with Gasteiger partial charge in [-0.15, -0.1) is 0 Å². The zero-order valence-corrected chi connectivity index (χ0v) is 12.1. The summed E-state index contributed by atoms with van der Waals surface area (Å²) in [6.45, 7) is 5.50. The highest BCUT2D eigenvalue weighted by Crippen LogP contribution is 2.28.